The lowest BCUT2D eigenvalue weighted by Crippen LogP contribution is -2.24. The molecule has 0 aromatic rings. The molecule has 1 aliphatic heterocycles. The molecule has 0 spiro atoms. The summed E-state index contributed by atoms with van der Waals surface area (Å²) < 4.78 is 4.82. The van der Waals surface area contributed by atoms with Gasteiger partial charge in [0, 0.05) is 13.5 Å². The van der Waals surface area contributed by atoms with E-state index in [-0.39, 0.29) is 5.97 Å². The van der Waals surface area contributed by atoms with Crippen molar-refractivity contribution in [2.75, 3.05) is 26.2 Å². The molecule has 0 aromatic carbocycles. The van der Waals surface area contributed by atoms with Crippen molar-refractivity contribution in [1.29, 1.82) is 0 Å². The van der Waals surface area contributed by atoms with E-state index in [0.29, 0.717) is 6.61 Å². The van der Waals surface area contributed by atoms with E-state index in [1.165, 1.54) is 32.9 Å². The summed E-state index contributed by atoms with van der Waals surface area (Å²) in [4.78, 5) is 12.7. The van der Waals surface area contributed by atoms with Crippen molar-refractivity contribution in [3.05, 3.63) is 0 Å². The summed E-state index contributed by atoms with van der Waals surface area (Å²) in [5.41, 5.74) is 0. The van der Waals surface area contributed by atoms with E-state index in [1.807, 2.05) is 0 Å². The van der Waals surface area contributed by atoms with Crippen LogP contribution in [0.25, 0.3) is 0 Å². The van der Waals surface area contributed by atoms with Crippen LogP contribution in [-0.4, -0.2) is 37.1 Å². The van der Waals surface area contributed by atoms with Crippen molar-refractivity contribution >= 4 is 5.97 Å². The van der Waals surface area contributed by atoms with E-state index in [4.69, 9.17) is 4.74 Å². The van der Waals surface area contributed by atoms with Gasteiger partial charge in [0.05, 0.1) is 0 Å². The molecule has 0 unspecified atom stereocenters. The molecule has 1 fully saturated rings. The molecule has 0 radical (unpaired) electrons. The number of hydrogen-bond donors (Lipinski definition) is 0. The number of rotatable bonds is 3. The molecule has 0 aromatic heterocycles. The molecule has 0 aliphatic carbocycles. The number of carbonyl (C=O) groups excluding carboxylic acids is 1. The van der Waals surface area contributed by atoms with Crippen LogP contribution < -0.4 is 0 Å². The van der Waals surface area contributed by atoms with Crippen LogP contribution in [0.15, 0.2) is 0 Å². The zero-order valence-corrected chi connectivity index (χ0v) is 7.01. The number of ether oxygens (including phenoxy) is 1. The van der Waals surface area contributed by atoms with Crippen molar-refractivity contribution in [1.82, 2.24) is 4.90 Å². The van der Waals surface area contributed by atoms with Gasteiger partial charge in [-0.25, -0.2) is 0 Å². The summed E-state index contributed by atoms with van der Waals surface area (Å²) in [7, 11) is 0. The summed E-state index contributed by atoms with van der Waals surface area (Å²) >= 11 is 0. The van der Waals surface area contributed by atoms with Crippen molar-refractivity contribution in [2.45, 2.75) is 19.8 Å². The quantitative estimate of drug-likeness (QED) is 0.563. The van der Waals surface area contributed by atoms with Gasteiger partial charge in [-0.2, -0.15) is 0 Å². The minimum atomic E-state index is -0.177. The summed E-state index contributed by atoms with van der Waals surface area (Å²) in [6, 6.07) is 0. The highest BCUT2D eigenvalue weighted by atomic mass is 16.5. The third-order valence-corrected chi connectivity index (χ3v) is 1.91. The highest BCUT2D eigenvalue weighted by Gasteiger charge is 2.10. The Hall–Kier alpha value is -0.570. The van der Waals surface area contributed by atoms with Gasteiger partial charge >= 0.3 is 5.97 Å². The van der Waals surface area contributed by atoms with Crippen molar-refractivity contribution in [3.63, 3.8) is 0 Å². The maximum atomic E-state index is 10.4. The Balaban J connectivity index is 1.98. The van der Waals surface area contributed by atoms with E-state index in [9.17, 15) is 4.79 Å². The average Bonchev–Trinajstić information content (AvgIpc) is 2.39. The Morgan fingerprint density at radius 2 is 2.09 bits per heavy atom. The van der Waals surface area contributed by atoms with Crippen LogP contribution in [0.4, 0.5) is 0 Å². The van der Waals surface area contributed by atoms with Gasteiger partial charge in [0.2, 0.25) is 0 Å². The fourth-order valence-electron chi connectivity index (χ4n) is 1.32. The first-order chi connectivity index (χ1) is 5.29. The molecule has 0 bridgehead atoms. The Labute approximate surface area is 67.3 Å². The maximum Gasteiger partial charge on any atom is 0.302 e. The summed E-state index contributed by atoms with van der Waals surface area (Å²) in [5.74, 6) is -0.177. The molecule has 11 heavy (non-hydrogen) atoms. The molecule has 1 aliphatic rings. The second-order valence-corrected chi connectivity index (χ2v) is 2.89. The normalized spacial score (nSPS) is 18.6. The predicted molar refractivity (Wildman–Crippen MR) is 42.3 cm³/mol. The second kappa shape index (κ2) is 4.34. The molecular weight excluding hydrogens is 142 g/mol. The third-order valence-electron chi connectivity index (χ3n) is 1.91. The van der Waals surface area contributed by atoms with Gasteiger partial charge in [-0.3, -0.25) is 9.69 Å². The second-order valence-electron chi connectivity index (χ2n) is 2.89. The Morgan fingerprint density at radius 3 is 2.64 bits per heavy atom. The predicted octanol–water partition coefficient (Wildman–Crippen LogP) is 0.645. The zero-order valence-electron chi connectivity index (χ0n) is 7.01. The molecule has 3 heteroatoms. The number of likely N-dealkylation sites (tertiary alicyclic amines) is 1. The Kier molecular flexibility index (Phi) is 3.36. The van der Waals surface area contributed by atoms with Gasteiger partial charge in [-0.1, -0.05) is 0 Å². The van der Waals surface area contributed by atoms with E-state index >= 15 is 0 Å². The van der Waals surface area contributed by atoms with E-state index in [2.05, 4.69) is 4.90 Å². The molecule has 1 heterocycles. The fraction of sp³-hybridized carbons (Fsp3) is 0.875. The lowest BCUT2D eigenvalue weighted by molar-refractivity contribution is -0.141. The number of esters is 1. The topological polar surface area (TPSA) is 29.5 Å². The van der Waals surface area contributed by atoms with E-state index in [0.717, 1.165) is 6.54 Å². The van der Waals surface area contributed by atoms with E-state index < -0.39 is 0 Å². The van der Waals surface area contributed by atoms with Gasteiger partial charge in [0.15, 0.2) is 0 Å². The first-order valence-electron chi connectivity index (χ1n) is 4.15. The minimum Gasteiger partial charge on any atom is -0.465 e. The molecule has 0 N–H and O–H groups in total. The summed E-state index contributed by atoms with van der Waals surface area (Å²) in [6.07, 6.45) is 2.58. The fourth-order valence-corrected chi connectivity index (χ4v) is 1.32. The van der Waals surface area contributed by atoms with Crippen molar-refractivity contribution in [2.24, 2.45) is 0 Å². The van der Waals surface area contributed by atoms with Gasteiger partial charge < -0.3 is 4.74 Å². The SMILES string of the molecule is CC(=O)OCCN1CCCC1. The number of carbonyl (C=O) groups is 1. The lowest BCUT2D eigenvalue weighted by Gasteiger charge is -2.13. The lowest BCUT2D eigenvalue weighted by atomic mass is 10.4. The zero-order chi connectivity index (χ0) is 8.10. The first kappa shape index (κ1) is 8.53. The van der Waals surface area contributed by atoms with Crippen LogP contribution in [0, 0.1) is 0 Å². The molecule has 0 atom stereocenters. The molecule has 0 saturated carbocycles. The standard InChI is InChI=1S/C8H15NO2/c1-8(10)11-7-6-9-4-2-3-5-9/h2-7H2,1H3. The van der Waals surface area contributed by atoms with Crippen LogP contribution in [0.3, 0.4) is 0 Å². The average molecular weight is 157 g/mol. The molecule has 64 valence electrons. The van der Waals surface area contributed by atoms with Crippen molar-refractivity contribution < 1.29 is 9.53 Å². The third kappa shape index (κ3) is 3.37. The van der Waals surface area contributed by atoms with Crippen LogP contribution in [0.5, 0.6) is 0 Å². The van der Waals surface area contributed by atoms with Crippen molar-refractivity contribution in [3.8, 4) is 0 Å². The first-order valence-corrected chi connectivity index (χ1v) is 4.15. The molecular formula is C8H15NO2. The number of nitrogens with zero attached hydrogens (tertiary/aromatic N) is 1. The Bertz CT molecular complexity index is 130. The highest BCUT2D eigenvalue weighted by Crippen LogP contribution is 2.05. The van der Waals surface area contributed by atoms with Crippen LogP contribution >= 0.6 is 0 Å². The Morgan fingerprint density at radius 1 is 1.45 bits per heavy atom. The van der Waals surface area contributed by atoms with Gasteiger partial charge in [0.1, 0.15) is 6.61 Å². The van der Waals surface area contributed by atoms with E-state index in [1.54, 1.807) is 0 Å². The minimum absolute atomic E-state index is 0.177. The van der Waals surface area contributed by atoms with Crippen LogP contribution in [0.2, 0.25) is 0 Å². The summed E-state index contributed by atoms with van der Waals surface area (Å²) in [6.45, 7) is 5.24. The summed E-state index contributed by atoms with van der Waals surface area (Å²) in [5, 5.41) is 0. The number of hydrogen-bond acceptors (Lipinski definition) is 3. The molecule has 0 amide bonds. The monoisotopic (exact) mass is 157 g/mol. The largest absolute Gasteiger partial charge is 0.465 e. The molecule has 1 saturated heterocycles. The highest BCUT2D eigenvalue weighted by molar-refractivity contribution is 5.65. The maximum absolute atomic E-state index is 10.4. The molecule has 3 nitrogen and oxygen atoms in total. The smallest absolute Gasteiger partial charge is 0.302 e. The van der Waals surface area contributed by atoms with Crippen LogP contribution in [0.1, 0.15) is 19.8 Å². The van der Waals surface area contributed by atoms with Crippen LogP contribution in [-0.2, 0) is 9.53 Å². The van der Waals surface area contributed by atoms with Gasteiger partial charge in [-0.05, 0) is 25.9 Å². The molecule has 1 rings (SSSR count). The van der Waals surface area contributed by atoms with Gasteiger partial charge in [0.25, 0.3) is 0 Å². The van der Waals surface area contributed by atoms with Gasteiger partial charge in [-0.15, -0.1) is 0 Å².